The monoisotopic (exact) mass is 996 g/mol. The summed E-state index contributed by atoms with van der Waals surface area (Å²) in [6.45, 7) is 3.63. The van der Waals surface area contributed by atoms with Crippen molar-refractivity contribution in [2.24, 2.45) is 0 Å². The lowest BCUT2D eigenvalue weighted by Crippen LogP contribution is -2.60. The van der Waals surface area contributed by atoms with Crippen LogP contribution in [-0.4, -0.2) is 98.7 Å². The number of hydrogen-bond acceptors (Lipinski definition) is 9. The van der Waals surface area contributed by atoms with E-state index in [1.165, 1.54) is 238 Å². The molecule has 0 radical (unpaired) electrons. The summed E-state index contributed by atoms with van der Waals surface area (Å²) in [4.78, 5) is 13.1. The van der Waals surface area contributed by atoms with Gasteiger partial charge in [-0.05, 0) is 19.3 Å². The Kier molecular flexibility index (Phi) is 47.9. The van der Waals surface area contributed by atoms with Gasteiger partial charge in [-0.25, -0.2) is 0 Å². The van der Waals surface area contributed by atoms with Gasteiger partial charge in [0.1, 0.15) is 30.5 Å². The molecule has 416 valence electrons. The van der Waals surface area contributed by atoms with Crippen LogP contribution in [0.4, 0.5) is 0 Å². The average Bonchev–Trinajstić information content (AvgIpc) is 3.36. The number of amides is 1. The number of aliphatic hydroxyl groups excluding tert-OH is 6. The summed E-state index contributed by atoms with van der Waals surface area (Å²) in [5, 5.41) is 64.9. The molecule has 7 N–H and O–H groups in total. The van der Waals surface area contributed by atoms with E-state index in [1.807, 2.05) is 6.08 Å². The second kappa shape index (κ2) is 50.1. The van der Waals surface area contributed by atoms with Gasteiger partial charge < -0.3 is 45.4 Å². The molecule has 1 aliphatic heterocycles. The van der Waals surface area contributed by atoms with Crippen LogP contribution in [0.1, 0.15) is 303 Å². The zero-order chi connectivity index (χ0) is 51.0. The van der Waals surface area contributed by atoms with Crippen molar-refractivity contribution in [2.45, 2.75) is 352 Å². The molecule has 1 fully saturated rings. The maximum absolute atomic E-state index is 13.1. The van der Waals surface area contributed by atoms with Crippen LogP contribution in [0.25, 0.3) is 0 Å². The van der Waals surface area contributed by atoms with Crippen LogP contribution in [0.2, 0.25) is 0 Å². The van der Waals surface area contributed by atoms with E-state index in [2.05, 4.69) is 19.2 Å². The third kappa shape index (κ3) is 38.5. The Labute approximate surface area is 431 Å². The minimum atomic E-state index is -1.61. The molecule has 0 bridgehead atoms. The second-order valence-electron chi connectivity index (χ2n) is 21.7. The van der Waals surface area contributed by atoms with E-state index in [-0.39, 0.29) is 6.61 Å². The average molecular weight is 997 g/mol. The SMILES string of the molecule is CCCCCCCCCCC/C=C/C(O)C(COC1OC(CO)C(O)C(O)C1O)NC(=O)C(O)CCCCCCCCCCCCCCCCCCCCCCCCCCCCCCCCCCCC. The zero-order valence-corrected chi connectivity index (χ0v) is 45.9. The van der Waals surface area contributed by atoms with Crippen molar-refractivity contribution in [3.05, 3.63) is 12.2 Å². The lowest BCUT2D eigenvalue weighted by molar-refractivity contribution is -0.302. The summed E-state index contributed by atoms with van der Waals surface area (Å²) < 4.78 is 11.2. The number of allylic oxidation sites excluding steroid dienone is 1. The van der Waals surface area contributed by atoms with Crippen molar-refractivity contribution in [3.8, 4) is 0 Å². The normalized spacial score (nSPS) is 19.8. The molecule has 8 atom stereocenters. The topological polar surface area (TPSA) is 169 Å². The zero-order valence-electron chi connectivity index (χ0n) is 45.9. The van der Waals surface area contributed by atoms with E-state index in [4.69, 9.17) is 9.47 Å². The Balaban J connectivity index is 2.08. The number of carbonyl (C=O) groups is 1. The van der Waals surface area contributed by atoms with Gasteiger partial charge in [0.05, 0.1) is 25.4 Å². The summed E-state index contributed by atoms with van der Waals surface area (Å²) in [5.74, 6) is -0.611. The first-order valence-corrected chi connectivity index (χ1v) is 30.5. The van der Waals surface area contributed by atoms with Gasteiger partial charge in [-0.15, -0.1) is 0 Å². The van der Waals surface area contributed by atoms with E-state index >= 15 is 0 Å². The minimum absolute atomic E-state index is 0.301. The predicted molar refractivity (Wildman–Crippen MR) is 292 cm³/mol. The molecule has 0 spiro atoms. The highest BCUT2D eigenvalue weighted by Crippen LogP contribution is 2.23. The fraction of sp³-hybridized carbons (Fsp3) is 0.950. The van der Waals surface area contributed by atoms with Gasteiger partial charge in [0.25, 0.3) is 0 Å². The van der Waals surface area contributed by atoms with Crippen LogP contribution in [0.3, 0.4) is 0 Å². The molecular formula is C60H117NO9. The molecule has 1 aliphatic rings. The molecule has 1 saturated heterocycles. The van der Waals surface area contributed by atoms with E-state index in [9.17, 15) is 35.4 Å². The summed E-state index contributed by atoms with van der Waals surface area (Å²) in [7, 11) is 0. The van der Waals surface area contributed by atoms with Crippen LogP contribution in [-0.2, 0) is 14.3 Å². The first-order chi connectivity index (χ1) is 34.3. The Hall–Kier alpha value is -1.11. The quantitative estimate of drug-likeness (QED) is 0.0232. The van der Waals surface area contributed by atoms with E-state index in [0.717, 1.165) is 44.9 Å². The fourth-order valence-corrected chi connectivity index (χ4v) is 10.0. The highest BCUT2D eigenvalue weighted by Gasteiger charge is 2.44. The maximum Gasteiger partial charge on any atom is 0.249 e. The molecule has 70 heavy (non-hydrogen) atoms. The van der Waals surface area contributed by atoms with Gasteiger partial charge in [-0.1, -0.05) is 296 Å². The maximum atomic E-state index is 13.1. The third-order valence-electron chi connectivity index (χ3n) is 15.0. The number of hydrogen-bond donors (Lipinski definition) is 7. The Morgan fingerprint density at radius 2 is 0.814 bits per heavy atom. The number of aliphatic hydroxyl groups is 6. The summed E-state index contributed by atoms with van der Waals surface area (Å²) in [5.41, 5.74) is 0. The molecular weight excluding hydrogens is 879 g/mol. The third-order valence-corrected chi connectivity index (χ3v) is 15.0. The van der Waals surface area contributed by atoms with Crippen molar-refractivity contribution in [3.63, 3.8) is 0 Å². The fourth-order valence-electron chi connectivity index (χ4n) is 10.0. The van der Waals surface area contributed by atoms with Gasteiger partial charge in [0.15, 0.2) is 6.29 Å². The van der Waals surface area contributed by atoms with E-state index in [0.29, 0.717) is 6.42 Å². The van der Waals surface area contributed by atoms with Crippen molar-refractivity contribution in [2.75, 3.05) is 13.2 Å². The van der Waals surface area contributed by atoms with Crippen LogP contribution in [0, 0.1) is 0 Å². The van der Waals surface area contributed by atoms with E-state index < -0.39 is 61.5 Å². The summed E-state index contributed by atoms with van der Waals surface area (Å²) >= 11 is 0. The van der Waals surface area contributed by atoms with Crippen molar-refractivity contribution in [1.29, 1.82) is 0 Å². The summed E-state index contributed by atoms with van der Waals surface area (Å²) in [6, 6.07) is -0.975. The molecule has 8 unspecified atom stereocenters. The molecule has 1 heterocycles. The van der Waals surface area contributed by atoms with Crippen LogP contribution in [0.5, 0.6) is 0 Å². The van der Waals surface area contributed by atoms with Gasteiger partial charge in [-0.3, -0.25) is 4.79 Å². The summed E-state index contributed by atoms with van der Waals surface area (Å²) in [6.07, 6.45) is 52.2. The Morgan fingerprint density at radius 1 is 0.486 bits per heavy atom. The first kappa shape index (κ1) is 66.9. The van der Waals surface area contributed by atoms with Gasteiger partial charge >= 0.3 is 0 Å². The van der Waals surface area contributed by atoms with Gasteiger partial charge in [-0.2, -0.15) is 0 Å². The van der Waals surface area contributed by atoms with Crippen molar-refractivity contribution in [1.82, 2.24) is 5.32 Å². The predicted octanol–water partition coefficient (Wildman–Crippen LogP) is 14.2. The molecule has 10 nitrogen and oxygen atoms in total. The Bertz CT molecular complexity index is 1130. The number of nitrogens with one attached hydrogen (secondary N) is 1. The van der Waals surface area contributed by atoms with Gasteiger partial charge in [0, 0.05) is 0 Å². The van der Waals surface area contributed by atoms with E-state index in [1.54, 1.807) is 6.08 Å². The van der Waals surface area contributed by atoms with Crippen LogP contribution < -0.4 is 5.32 Å². The second-order valence-corrected chi connectivity index (χ2v) is 21.7. The molecule has 10 heteroatoms. The highest BCUT2D eigenvalue weighted by atomic mass is 16.7. The smallest absolute Gasteiger partial charge is 0.249 e. The molecule has 1 rings (SSSR count). The number of unbranched alkanes of at least 4 members (excludes halogenated alkanes) is 42. The lowest BCUT2D eigenvalue weighted by Gasteiger charge is -2.40. The van der Waals surface area contributed by atoms with Crippen LogP contribution >= 0.6 is 0 Å². The standard InChI is InChI=1S/C60H117NO9/c1-3-5-7-9-11-13-15-16-17-18-19-20-21-22-23-24-25-26-27-28-29-30-31-32-33-34-35-36-37-39-41-43-45-47-49-54(64)59(68)61-52(51-69-60-58(67)57(66)56(65)55(50-62)70-60)53(63)48-46-44-42-40-38-14-12-10-8-6-4-2/h46,48,52-58,60,62-67H,3-45,47,49-51H2,1-2H3,(H,61,68)/b48-46+. The largest absolute Gasteiger partial charge is 0.394 e. The van der Waals surface area contributed by atoms with Crippen molar-refractivity contribution >= 4 is 5.91 Å². The highest BCUT2D eigenvalue weighted by molar-refractivity contribution is 5.80. The molecule has 0 aromatic rings. The number of ether oxygens (including phenoxy) is 2. The molecule has 0 aliphatic carbocycles. The minimum Gasteiger partial charge on any atom is -0.394 e. The number of carbonyl (C=O) groups excluding carboxylic acids is 1. The Morgan fingerprint density at radius 3 is 1.16 bits per heavy atom. The lowest BCUT2D eigenvalue weighted by atomic mass is 9.99. The van der Waals surface area contributed by atoms with Gasteiger partial charge in [0.2, 0.25) is 5.91 Å². The van der Waals surface area contributed by atoms with Crippen molar-refractivity contribution < 1.29 is 44.9 Å². The molecule has 0 aromatic heterocycles. The van der Waals surface area contributed by atoms with Crippen LogP contribution in [0.15, 0.2) is 12.2 Å². The molecule has 1 amide bonds. The molecule has 0 saturated carbocycles. The molecule has 0 aromatic carbocycles. The first-order valence-electron chi connectivity index (χ1n) is 30.5. The number of rotatable bonds is 53.